The summed E-state index contributed by atoms with van der Waals surface area (Å²) in [5.74, 6) is 1.93. The number of nitrogens with one attached hydrogen (secondary N) is 2. The Labute approximate surface area is 167 Å². The number of hydrogen-bond acceptors (Lipinski definition) is 4. The molecule has 0 unspecified atom stereocenters. The maximum absolute atomic E-state index is 13.1. The minimum atomic E-state index is -0.188. The highest BCUT2D eigenvalue weighted by molar-refractivity contribution is 7.98. The van der Waals surface area contributed by atoms with E-state index in [-0.39, 0.29) is 18.4 Å². The fraction of sp³-hybridized carbons (Fsp3) is 0.286. The number of rotatable bonds is 6. The second kappa shape index (κ2) is 8.06. The molecule has 0 atom stereocenters. The lowest BCUT2D eigenvalue weighted by Gasteiger charge is -2.12. The van der Waals surface area contributed by atoms with Crippen molar-refractivity contribution in [1.82, 2.24) is 15.1 Å². The lowest BCUT2D eigenvalue weighted by molar-refractivity contribution is -0.121. The van der Waals surface area contributed by atoms with Gasteiger partial charge in [-0.2, -0.15) is 16.9 Å². The number of carbonyl (C=O) groups is 2. The van der Waals surface area contributed by atoms with Crippen molar-refractivity contribution >= 4 is 40.2 Å². The highest BCUT2D eigenvalue weighted by atomic mass is 32.2. The molecule has 2 amide bonds. The Morgan fingerprint density at radius 2 is 1.96 bits per heavy atom. The first-order valence-electron chi connectivity index (χ1n) is 9.39. The van der Waals surface area contributed by atoms with Crippen molar-refractivity contribution < 1.29 is 9.59 Å². The van der Waals surface area contributed by atoms with E-state index in [0.29, 0.717) is 17.9 Å². The fourth-order valence-corrected chi connectivity index (χ4v) is 4.41. The number of aromatic nitrogens is 2. The van der Waals surface area contributed by atoms with Gasteiger partial charge in [0.15, 0.2) is 0 Å². The Bertz CT molecular complexity index is 1040. The highest BCUT2D eigenvalue weighted by Gasteiger charge is 2.25. The molecule has 1 aliphatic rings. The Balaban J connectivity index is 1.63. The third kappa shape index (κ3) is 3.62. The van der Waals surface area contributed by atoms with Crippen LogP contribution in [-0.4, -0.2) is 28.1 Å². The van der Waals surface area contributed by atoms with Crippen molar-refractivity contribution in [3.63, 3.8) is 0 Å². The molecule has 7 heteroatoms. The van der Waals surface area contributed by atoms with Gasteiger partial charge in [-0.05, 0) is 23.3 Å². The molecule has 0 bridgehead atoms. The van der Waals surface area contributed by atoms with Gasteiger partial charge in [-0.3, -0.25) is 9.59 Å². The van der Waals surface area contributed by atoms with Crippen LogP contribution >= 0.6 is 11.8 Å². The highest BCUT2D eigenvalue weighted by Crippen LogP contribution is 2.35. The largest absolute Gasteiger partial charge is 0.355 e. The van der Waals surface area contributed by atoms with Crippen LogP contribution in [-0.2, 0) is 22.8 Å². The first-order valence-corrected chi connectivity index (χ1v) is 10.5. The molecule has 28 heavy (non-hydrogen) atoms. The minimum absolute atomic E-state index is 0.100. The quantitative estimate of drug-likeness (QED) is 0.670. The number of carbonyl (C=O) groups excluding carboxylic acids is 2. The predicted octanol–water partition coefficient (Wildman–Crippen LogP) is 3.56. The molecule has 0 aliphatic carbocycles. The van der Waals surface area contributed by atoms with Crippen LogP contribution in [0, 0.1) is 0 Å². The summed E-state index contributed by atoms with van der Waals surface area (Å²) in [6, 6.07) is 13.5. The van der Waals surface area contributed by atoms with Crippen molar-refractivity contribution in [2.75, 3.05) is 11.9 Å². The van der Waals surface area contributed by atoms with Crippen LogP contribution in [0.1, 0.15) is 35.0 Å². The normalized spacial score (nSPS) is 12.8. The van der Waals surface area contributed by atoms with E-state index in [1.165, 1.54) is 0 Å². The van der Waals surface area contributed by atoms with Gasteiger partial charge in [0.1, 0.15) is 12.4 Å². The zero-order valence-electron chi connectivity index (χ0n) is 15.7. The molecule has 4 rings (SSSR count). The van der Waals surface area contributed by atoms with Crippen LogP contribution in [0.4, 0.5) is 5.82 Å². The van der Waals surface area contributed by atoms with Crippen molar-refractivity contribution in [3.8, 4) is 0 Å². The SMILES string of the molecule is CCCNC(=O)Cn1nc2c(c1NC(=O)c1cccc3ccccc13)CSC2. The van der Waals surface area contributed by atoms with Crippen molar-refractivity contribution in [2.24, 2.45) is 0 Å². The van der Waals surface area contributed by atoms with E-state index in [9.17, 15) is 9.59 Å². The summed E-state index contributed by atoms with van der Waals surface area (Å²) >= 11 is 1.76. The monoisotopic (exact) mass is 394 g/mol. The minimum Gasteiger partial charge on any atom is -0.355 e. The van der Waals surface area contributed by atoms with E-state index in [2.05, 4.69) is 15.7 Å². The molecule has 0 fully saturated rings. The Morgan fingerprint density at radius 1 is 1.14 bits per heavy atom. The first kappa shape index (κ1) is 18.6. The zero-order valence-corrected chi connectivity index (χ0v) is 16.5. The number of hydrogen-bond donors (Lipinski definition) is 2. The van der Waals surface area contributed by atoms with Gasteiger partial charge in [-0.15, -0.1) is 0 Å². The van der Waals surface area contributed by atoms with E-state index in [1.807, 2.05) is 49.4 Å². The van der Waals surface area contributed by atoms with Crippen molar-refractivity contribution in [1.29, 1.82) is 0 Å². The number of thioether (sulfide) groups is 1. The van der Waals surface area contributed by atoms with Crippen LogP contribution < -0.4 is 10.6 Å². The maximum Gasteiger partial charge on any atom is 0.257 e. The lowest BCUT2D eigenvalue weighted by atomic mass is 10.0. The number of amides is 2. The third-order valence-electron chi connectivity index (χ3n) is 4.75. The smallest absolute Gasteiger partial charge is 0.257 e. The average Bonchev–Trinajstić information content (AvgIpc) is 3.28. The summed E-state index contributed by atoms with van der Waals surface area (Å²) in [6.07, 6.45) is 0.878. The van der Waals surface area contributed by atoms with E-state index in [0.717, 1.165) is 40.0 Å². The molecule has 1 aliphatic heterocycles. The molecule has 2 heterocycles. The van der Waals surface area contributed by atoms with Gasteiger partial charge in [0.25, 0.3) is 5.91 Å². The van der Waals surface area contributed by atoms with Crippen LogP contribution in [0.15, 0.2) is 42.5 Å². The van der Waals surface area contributed by atoms with Gasteiger partial charge >= 0.3 is 0 Å². The van der Waals surface area contributed by atoms with Gasteiger partial charge < -0.3 is 10.6 Å². The van der Waals surface area contributed by atoms with Gasteiger partial charge in [0, 0.05) is 29.2 Å². The molecule has 0 spiro atoms. The van der Waals surface area contributed by atoms with Crippen LogP contribution in [0.2, 0.25) is 0 Å². The Morgan fingerprint density at radius 3 is 2.82 bits per heavy atom. The molecule has 0 radical (unpaired) electrons. The third-order valence-corrected chi connectivity index (χ3v) is 5.72. The molecule has 6 nitrogen and oxygen atoms in total. The van der Waals surface area contributed by atoms with E-state index in [1.54, 1.807) is 16.4 Å². The van der Waals surface area contributed by atoms with Crippen LogP contribution in [0.5, 0.6) is 0 Å². The van der Waals surface area contributed by atoms with Gasteiger partial charge in [-0.25, -0.2) is 4.68 Å². The predicted molar refractivity (Wildman–Crippen MR) is 112 cm³/mol. The average molecular weight is 395 g/mol. The van der Waals surface area contributed by atoms with Gasteiger partial charge in [-0.1, -0.05) is 43.3 Å². The molecule has 144 valence electrons. The summed E-state index contributed by atoms with van der Waals surface area (Å²) < 4.78 is 1.62. The molecular formula is C21H22N4O2S. The Kier molecular flexibility index (Phi) is 5.34. The fourth-order valence-electron chi connectivity index (χ4n) is 3.37. The van der Waals surface area contributed by atoms with Gasteiger partial charge in [0.05, 0.1) is 5.69 Å². The van der Waals surface area contributed by atoms with Crippen LogP contribution in [0.3, 0.4) is 0 Å². The van der Waals surface area contributed by atoms with E-state index >= 15 is 0 Å². The summed E-state index contributed by atoms with van der Waals surface area (Å²) in [6.45, 7) is 2.74. The second-order valence-electron chi connectivity index (χ2n) is 6.76. The summed E-state index contributed by atoms with van der Waals surface area (Å²) in [4.78, 5) is 25.3. The molecule has 2 aromatic carbocycles. The summed E-state index contributed by atoms with van der Waals surface area (Å²) in [5.41, 5.74) is 2.57. The summed E-state index contributed by atoms with van der Waals surface area (Å²) in [5, 5.41) is 12.4. The number of anilines is 1. The lowest BCUT2D eigenvalue weighted by Crippen LogP contribution is -2.29. The molecular weight excluding hydrogens is 372 g/mol. The van der Waals surface area contributed by atoms with Crippen LogP contribution in [0.25, 0.3) is 10.8 Å². The van der Waals surface area contributed by atoms with E-state index in [4.69, 9.17) is 0 Å². The molecule has 0 saturated heterocycles. The number of fused-ring (bicyclic) bond motifs is 2. The molecule has 2 N–H and O–H groups in total. The Hall–Kier alpha value is -2.80. The topological polar surface area (TPSA) is 76.0 Å². The van der Waals surface area contributed by atoms with Crippen molar-refractivity contribution in [3.05, 3.63) is 59.3 Å². The molecule has 1 aromatic heterocycles. The van der Waals surface area contributed by atoms with Crippen molar-refractivity contribution in [2.45, 2.75) is 31.4 Å². The molecule has 3 aromatic rings. The van der Waals surface area contributed by atoms with Gasteiger partial charge in [0.2, 0.25) is 5.91 Å². The number of benzene rings is 2. The summed E-state index contributed by atoms with van der Waals surface area (Å²) in [7, 11) is 0. The zero-order chi connectivity index (χ0) is 19.5. The number of nitrogens with zero attached hydrogens (tertiary/aromatic N) is 2. The first-order chi connectivity index (χ1) is 13.7. The second-order valence-corrected chi connectivity index (χ2v) is 7.74. The maximum atomic E-state index is 13.1. The van der Waals surface area contributed by atoms with E-state index < -0.39 is 0 Å². The standard InChI is InChI=1S/C21H22N4O2S/c1-2-10-22-19(26)11-25-20(17-12-28-13-18(17)24-25)23-21(27)16-9-5-7-14-6-3-4-8-15(14)16/h3-9H,2,10-13H2,1H3,(H,22,26)(H,23,27). The molecule has 0 saturated carbocycles.